The van der Waals surface area contributed by atoms with E-state index < -0.39 is 10.1 Å². The fourth-order valence-electron chi connectivity index (χ4n) is 4.17. The zero-order valence-corrected chi connectivity index (χ0v) is 15.9. The molecule has 0 N–H and O–H groups in total. The first kappa shape index (κ1) is 19.3. The second kappa shape index (κ2) is 8.03. The third-order valence-electron chi connectivity index (χ3n) is 5.54. The molecule has 2 aliphatic rings. The SMILES string of the molecule is CS(=O)(=O)OC[C@H]1CCC[C@H](OCc2ccccc2)[C@@]12C=CC(=O)CC2. The molecular weight excluding hydrogens is 352 g/mol. The van der Waals surface area contributed by atoms with Gasteiger partial charge < -0.3 is 4.74 Å². The quantitative estimate of drug-likeness (QED) is 0.711. The summed E-state index contributed by atoms with van der Waals surface area (Å²) in [6.07, 6.45) is 8.52. The standard InChI is InChI=1S/C20H26O5S/c1-26(22,23)25-15-17-8-5-9-19(20(17)12-10-18(21)11-13-20)24-14-16-6-3-2-4-7-16/h2-4,6-7,10,12,17,19H,5,8-9,11,13-15H2,1H3/t17-,19+,20-/m1/s1. The van der Waals surface area contributed by atoms with Gasteiger partial charge in [-0.2, -0.15) is 8.42 Å². The van der Waals surface area contributed by atoms with Gasteiger partial charge in [0.05, 0.1) is 25.6 Å². The Morgan fingerprint density at radius 3 is 2.62 bits per heavy atom. The van der Waals surface area contributed by atoms with Crippen molar-refractivity contribution in [2.75, 3.05) is 12.9 Å². The van der Waals surface area contributed by atoms with Crippen LogP contribution in [0.3, 0.4) is 0 Å². The number of carbonyl (C=O) groups excluding carboxylic acids is 1. The second-order valence-corrected chi connectivity index (χ2v) is 8.96. The molecule has 1 fully saturated rings. The Hall–Kier alpha value is -1.50. The van der Waals surface area contributed by atoms with Gasteiger partial charge in [0.1, 0.15) is 0 Å². The topological polar surface area (TPSA) is 69.7 Å². The number of ether oxygens (including phenoxy) is 1. The molecule has 2 aliphatic carbocycles. The first-order valence-corrected chi connectivity index (χ1v) is 10.9. The van der Waals surface area contributed by atoms with Crippen LogP contribution < -0.4 is 0 Å². The van der Waals surface area contributed by atoms with Gasteiger partial charge in [-0.25, -0.2) is 0 Å². The van der Waals surface area contributed by atoms with Crippen LogP contribution in [0, 0.1) is 11.3 Å². The van der Waals surface area contributed by atoms with Crippen molar-refractivity contribution >= 4 is 15.9 Å². The Labute approximate surface area is 155 Å². The molecule has 6 heteroatoms. The van der Waals surface area contributed by atoms with Gasteiger partial charge in [-0.05, 0) is 36.8 Å². The van der Waals surface area contributed by atoms with Gasteiger partial charge in [-0.1, -0.05) is 42.8 Å². The van der Waals surface area contributed by atoms with Crippen molar-refractivity contribution in [2.45, 2.75) is 44.8 Å². The van der Waals surface area contributed by atoms with Crippen molar-refractivity contribution in [3.05, 3.63) is 48.0 Å². The second-order valence-electron chi connectivity index (χ2n) is 7.31. The molecule has 0 bridgehead atoms. The zero-order chi connectivity index (χ0) is 18.6. The third-order valence-corrected chi connectivity index (χ3v) is 6.10. The predicted molar refractivity (Wildman–Crippen MR) is 99.0 cm³/mol. The summed E-state index contributed by atoms with van der Waals surface area (Å²) in [5, 5.41) is 0. The van der Waals surface area contributed by atoms with E-state index >= 15 is 0 Å². The molecule has 0 saturated heterocycles. The average molecular weight is 378 g/mol. The molecule has 1 saturated carbocycles. The van der Waals surface area contributed by atoms with Crippen LogP contribution >= 0.6 is 0 Å². The molecule has 5 nitrogen and oxygen atoms in total. The molecule has 26 heavy (non-hydrogen) atoms. The first-order chi connectivity index (χ1) is 12.4. The minimum absolute atomic E-state index is 0.0242. The maximum atomic E-state index is 11.7. The summed E-state index contributed by atoms with van der Waals surface area (Å²) < 4.78 is 34.4. The molecule has 1 aromatic rings. The van der Waals surface area contributed by atoms with E-state index in [0.29, 0.717) is 19.4 Å². The van der Waals surface area contributed by atoms with Crippen molar-refractivity contribution in [1.29, 1.82) is 0 Å². The lowest BCUT2D eigenvalue weighted by Gasteiger charge is -2.48. The van der Waals surface area contributed by atoms with Crippen molar-refractivity contribution in [3.63, 3.8) is 0 Å². The molecule has 1 spiro atoms. The lowest BCUT2D eigenvalue weighted by atomic mass is 9.60. The molecule has 3 atom stereocenters. The van der Waals surface area contributed by atoms with Gasteiger partial charge >= 0.3 is 0 Å². The monoisotopic (exact) mass is 378 g/mol. The maximum absolute atomic E-state index is 11.7. The molecule has 0 radical (unpaired) electrons. The summed E-state index contributed by atoms with van der Waals surface area (Å²) >= 11 is 0. The highest BCUT2D eigenvalue weighted by atomic mass is 32.2. The van der Waals surface area contributed by atoms with E-state index in [9.17, 15) is 13.2 Å². The number of allylic oxidation sites excluding steroid dienone is 1. The summed E-state index contributed by atoms with van der Waals surface area (Å²) in [6, 6.07) is 9.99. The van der Waals surface area contributed by atoms with Gasteiger partial charge in [-0.3, -0.25) is 8.98 Å². The van der Waals surface area contributed by atoms with E-state index in [1.807, 2.05) is 36.4 Å². The lowest BCUT2D eigenvalue weighted by Crippen LogP contribution is -2.48. The van der Waals surface area contributed by atoms with Crippen molar-refractivity contribution in [3.8, 4) is 0 Å². The number of rotatable bonds is 6. The van der Waals surface area contributed by atoms with Crippen molar-refractivity contribution in [2.24, 2.45) is 11.3 Å². The Morgan fingerprint density at radius 2 is 1.96 bits per heavy atom. The molecule has 0 amide bonds. The molecule has 142 valence electrons. The third kappa shape index (κ3) is 4.61. The van der Waals surface area contributed by atoms with Crippen LogP contribution in [0.25, 0.3) is 0 Å². The number of carbonyl (C=O) groups is 1. The normalized spacial score (nSPS) is 29.2. The lowest BCUT2D eigenvalue weighted by molar-refractivity contribution is -0.121. The van der Waals surface area contributed by atoms with Crippen molar-refractivity contribution < 1.29 is 22.1 Å². The highest BCUT2D eigenvalue weighted by Crippen LogP contribution is 2.49. The number of hydrogen-bond donors (Lipinski definition) is 0. The van der Waals surface area contributed by atoms with E-state index in [4.69, 9.17) is 8.92 Å². The van der Waals surface area contributed by atoms with Gasteiger partial charge in [0.25, 0.3) is 10.1 Å². The number of ketones is 1. The molecular formula is C20H26O5S. The van der Waals surface area contributed by atoms with Crippen LogP contribution in [-0.4, -0.2) is 33.2 Å². The van der Waals surface area contributed by atoms with Crippen LogP contribution in [0.1, 0.15) is 37.7 Å². The highest BCUT2D eigenvalue weighted by molar-refractivity contribution is 7.85. The molecule has 3 rings (SSSR count). The fourth-order valence-corrected chi connectivity index (χ4v) is 4.58. The summed E-state index contributed by atoms with van der Waals surface area (Å²) in [6.45, 7) is 0.650. The van der Waals surface area contributed by atoms with Crippen LogP contribution in [0.4, 0.5) is 0 Å². The smallest absolute Gasteiger partial charge is 0.264 e. The Morgan fingerprint density at radius 1 is 1.19 bits per heavy atom. The van der Waals surface area contributed by atoms with E-state index in [1.165, 1.54) is 0 Å². The molecule has 0 heterocycles. The number of benzene rings is 1. The Bertz CT molecular complexity index is 756. The minimum atomic E-state index is -3.49. The minimum Gasteiger partial charge on any atom is -0.373 e. The average Bonchev–Trinajstić information content (AvgIpc) is 2.62. The van der Waals surface area contributed by atoms with E-state index in [1.54, 1.807) is 6.08 Å². The molecule has 0 aromatic heterocycles. The van der Waals surface area contributed by atoms with Crippen LogP contribution in [0.15, 0.2) is 42.5 Å². The highest BCUT2D eigenvalue weighted by Gasteiger charge is 2.48. The number of hydrogen-bond acceptors (Lipinski definition) is 5. The summed E-state index contributed by atoms with van der Waals surface area (Å²) in [5.74, 6) is 0.141. The van der Waals surface area contributed by atoms with Gasteiger partial charge in [0.15, 0.2) is 5.78 Å². The van der Waals surface area contributed by atoms with E-state index in [0.717, 1.165) is 31.1 Å². The fraction of sp³-hybridized carbons (Fsp3) is 0.550. The maximum Gasteiger partial charge on any atom is 0.264 e. The summed E-state index contributed by atoms with van der Waals surface area (Å²) in [7, 11) is -3.49. The van der Waals surface area contributed by atoms with Gasteiger partial charge in [0.2, 0.25) is 0 Å². The summed E-state index contributed by atoms with van der Waals surface area (Å²) in [5.41, 5.74) is 0.763. The summed E-state index contributed by atoms with van der Waals surface area (Å²) in [4.78, 5) is 11.7. The van der Waals surface area contributed by atoms with E-state index in [2.05, 4.69) is 0 Å². The van der Waals surface area contributed by atoms with Crippen LogP contribution in [-0.2, 0) is 30.4 Å². The van der Waals surface area contributed by atoms with Gasteiger partial charge in [-0.15, -0.1) is 0 Å². The first-order valence-electron chi connectivity index (χ1n) is 9.11. The van der Waals surface area contributed by atoms with Gasteiger partial charge in [0, 0.05) is 11.8 Å². The molecule has 0 aliphatic heterocycles. The predicted octanol–water partition coefficient (Wildman–Crippen LogP) is 3.25. The molecule has 0 unspecified atom stereocenters. The molecule has 1 aromatic carbocycles. The Balaban J connectivity index is 1.79. The zero-order valence-electron chi connectivity index (χ0n) is 15.1. The van der Waals surface area contributed by atoms with Crippen molar-refractivity contribution in [1.82, 2.24) is 0 Å². The van der Waals surface area contributed by atoms with Crippen LogP contribution in [0.5, 0.6) is 0 Å². The van der Waals surface area contributed by atoms with Crippen LogP contribution in [0.2, 0.25) is 0 Å². The van der Waals surface area contributed by atoms with E-state index in [-0.39, 0.29) is 29.8 Å². The Kier molecular flexibility index (Phi) is 5.95. The largest absolute Gasteiger partial charge is 0.373 e.